The van der Waals surface area contributed by atoms with Gasteiger partial charge in [0, 0.05) is 12.1 Å². The Morgan fingerprint density at radius 2 is 2.25 bits per heavy atom. The van der Waals surface area contributed by atoms with Gasteiger partial charge in [-0.15, -0.1) is 0 Å². The minimum absolute atomic E-state index is 0.0143. The van der Waals surface area contributed by atoms with Crippen LogP contribution in [0.2, 0.25) is 0 Å². The summed E-state index contributed by atoms with van der Waals surface area (Å²) >= 11 is 0. The normalized spacial score (nSPS) is 9.38. The molecule has 0 spiro atoms. The summed E-state index contributed by atoms with van der Waals surface area (Å²) in [5.74, 6) is 5.63. The Morgan fingerprint density at radius 3 is 2.81 bits per heavy atom. The van der Waals surface area contributed by atoms with Crippen molar-refractivity contribution in [1.29, 1.82) is 0 Å². The van der Waals surface area contributed by atoms with Crippen molar-refractivity contribution in [2.45, 2.75) is 6.92 Å². The molecule has 0 aromatic heterocycles. The van der Waals surface area contributed by atoms with Crippen molar-refractivity contribution >= 4 is 11.4 Å². The number of nitro groups is 1. The number of hydrogen-bond acceptors (Lipinski definition) is 4. The summed E-state index contributed by atoms with van der Waals surface area (Å²) in [6.07, 6.45) is 0. The van der Waals surface area contributed by atoms with Crippen LogP contribution in [0.5, 0.6) is 0 Å². The van der Waals surface area contributed by atoms with Gasteiger partial charge >= 0.3 is 0 Å². The van der Waals surface area contributed by atoms with Crippen LogP contribution < -0.4 is 11.1 Å². The lowest BCUT2D eigenvalue weighted by atomic mass is 10.1. The van der Waals surface area contributed by atoms with E-state index in [1.54, 1.807) is 14.0 Å². The molecule has 1 aromatic carbocycles. The van der Waals surface area contributed by atoms with Crippen LogP contribution in [0, 0.1) is 28.9 Å². The van der Waals surface area contributed by atoms with E-state index < -0.39 is 4.92 Å². The van der Waals surface area contributed by atoms with Crippen LogP contribution in [-0.2, 0) is 0 Å². The van der Waals surface area contributed by atoms with Crippen LogP contribution in [0.4, 0.5) is 11.4 Å². The van der Waals surface area contributed by atoms with E-state index in [1.165, 1.54) is 12.1 Å². The Balaban J connectivity index is 3.18. The van der Waals surface area contributed by atoms with Crippen molar-refractivity contribution in [3.8, 4) is 11.8 Å². The van der Waals surface area contributed by atoms with E-state index in [1.807, 2.05) is 0 Å². The number of rotatable bonds is 2. The monoisotopic (exact) mass is 219 g/mol. The first-order valence-electron chi connectivity index (χ1n) is 4.74. The molecule has 5 heteroatoms. The van der Waals surface area contributed by atoms with Crippen molar-refractivity contribution in [1.82, 2.24) is 5.32 Å². The van der Waals surface area contributed by atoms with Gasteiger partial charge in [0.1, 0.15) is 0 Å². The number of anilines is 1. The SMILES string of the molecule is CNCC#Cc1cc([N+](=O)[O-])cc(C)c1N. The molecule has 0 saturated carbocycles. The van der Waals surface area contributed by atoms with Crippen molar-refractivity contribution in [3.63, 3.8) is 0 Å². The first-order chi connectivity index (χ1) is 7.56. The molecule has 3 N–H and O–H groups in total. The Hall–Kier alpha value is -2.06. The second-order valence-electron chi connectivity index (χ2n) is 3.31. The van der Waals surface area contributed by atoms with E-state index in [-0.39, 0.29) is 5.69 Å². The van der Waals surface area contributed by atoms with E-state index in [4.69, 9.17) is 5.73 Å². The fourth-order valence-electron chi connectivity index (χ4n) is 1.22. The Labute approximate surface area is 93.8 Å². The summed E-state index contributed by atoms with van der Waals surface area (Å²) in [7, 11) is 1.77. The summed E-state index contributed by atoms with van der Waals surface area (Å²) in [4.78, 5) is 10.2. The van der Waals surface area contributed by atoms with Crippen LogP contribution >= 0.6 is 0 Å². The second kappa shape index (κ2) is 5.14. The van der Waals surface area contributed by atoms with Gasteiger partial charge in [0.05, 0.1) is 22.7 Å². The Bertz CT molecular complexity index is 472. The van der Waals surface area contributed by atoms with Gasteiger partial charge in [0.2, 0.25) is 0 Å². The lowest BCUT2D eigenvalue weighted by Gasteiger charge is -2.02. The summed E-state index contributed by atoms with van der Waals surface area (Å²) in [6, 6.07) is 2.84. The third kappa shape index (κ3) is 2.72. The predicted octanol–water partition coefficient (Wildman–Crippen LogP) is 1.06. The molecule has 5 nitrogen and oxygen atoms in total. The van der Waals surface area contributed by atoms with Gasteiger partial charge < -0.3 is 11.1 Å². The summed E-state index contributed by atoms with van der Waals surface area (Å²) < 4.78 is 0. The Morgan fingerprint density at radius 1 is 1.56 bits per heavy atom. The van der Waals surface area contributed by atoms with Gasteiger partial charge in [-0.1, -0.05) is 11.8 Å². The van der Waals surface area contributed by atoms with Gasteiger partial charge in [-0.05, 0) is 19.5 Å². The van der Waals surface area contributed by atoms with E-state index >= 15 is 0 Å². The van der Waals surface area contributed by atoms with Crippen molar-refractivity contribution in [2.24, 2.45) is 0 Å². The van der Waals surface area contributed by atoms with Gasteiger partial charge in [0.25, 0.3) is 5.69 Å². The lowest BCUT2D eigenvalue weighted by molar-refractivity contribution is -0.384. The molecule has 0 saturated heterocycles. The van der Waals surface area contributed by atoms with E-state index in [9.17, 15) is 10.1 Å². The average molecular weight is 219 g/mol. The molecule has 0 aliphatic heterocycles. The number of non-ortho nitro benzene ring substituents is 1. The highest BCUT2D eigenvalue weighted by atomic mass is 16.6. The smallest absolute Gasteiger partial charge is 0.271 e. The van der Waals surface area contributed by atoms with E-state index in [0.29, 0.717) is 23.4 Å². The summed E-state index contributed by atoms with van der Waals surface area (Å²) in [5, 5.41) is 13.5. The van der Waals surface area contributed by atoms with E-state index in [0.717, 1.165) is 0 Å². The molecular formula is C11H13N3O2. The Kier molecular flexibility index (Phi) is 3.86. The first-order valence-corrected chi connectivity index (χ1v) is 4.74. The molecule has 0 amide bonds. The quantitative estimate of drug-likeness (QED) is 0.337. The summed E-state index contributed by atoms with van der Waals surface area (Å²) in [5.41, 5.74) is 7.47. The molecule has 84 valence electrons. The number of nitrogens with one attached hydrogen (secondary N) is 1. The van der Waals surface area contributed by atoms with E-state index in [2.05, 4.69) is 17.2 Å². The van der Waals surface area contributed by atoms with Gasteiger partial charge in [-0.25, -0.2) is 0 Å². The minimum Gasteiger partial charge on any atom is -0.397 e. The maximum Gasteiger partial charge on any atom is 0.271 e. The average Bonchev–Trinajstić information content (AvgIpc) is 2.24. The number of benzene rings is 1. The lowest BCUT2D eigenvalue weighted by Crippen LogP contribution is -2.04. The molecule has 0 fully saturated rings. The standard InChI is InChI=1S/C11H13N3O2/c1-8-6-10(14(15)16)7-9(11(8)12)4-3-5-13-2/h6-7,13H,5,12H2,1-2H3. The predicted molar refractivity (Wildman–Crippen MR) is 63.1 cm³/mol. The highest BCUT2D eigenvalue weighted by Gasteiger charge is 2.10. The molecule has 0 heterocycles. The van der Waals surface area contributed by atoms with Crippen molar-refractivity contribution < 1.29 is 4.92 Å². The molecule has 0 bridgehead atoms. The third-order valence-corrected chi connectivity index (χ3v) is 2.07. The number of nitrogens with zero attached hydrogens (tertiary/aromatic N) is 1. The first kappa shape index (κ1) is 12.0. The van der Waals surface area contributed by atoms with Crippen LogP contribution in [-0.4, -0.2) is 18.5 Å². The van der Waals surface area contributed by atoms with Crippen molar-refractivity contribution in [2.75, 3.05) is 19.3 Å². The molecule has 0 aliphatic carbocycles. The third-order valence-electron chi connectivity index (χ3n) is 2.07. The largest absolute Gasteiger partial charge is 0.397 e. The number of nitro benzene ring substituents is 1. The molecule has 16 heavy (non-hydrogen) atoms. The van der Waals surface area contributed by atoms with Gasteiger partial charge in [0.15, 0.2) is 0 Å². The van der Waals surface area contributed by atoms with Crippen LogP contribution in [0.3, 0.4) is 0 Å². The van der Waals surface area contributed by atoms with Crippen LogP contribution in [0.25, 0.3) is 0 Å². The van der Waals surface area contributed by atoms with Crippen LogP contribution in [0.1, 0.15) is 11.1 Å². The molecule has 0 atom stereocenters. The van der Waals surface area contributed by atoms with Gasteiger partial charge in [-0.2, -0.15) is 0 Å². The fourth-order valence-corrected chi connectivity index (χ4v) is 1.22. The zero-order valence-electron chi connectivity index (χ0n) is 9.20. The highest BCUT2D eigenvalue weighted by Crippen LogP contribution is 2.23. The second-order valence-corrected chi connectivity index (χ2v) is 3.31. The molecule has 1 rings (SSSR count). The number of aryl methyl sites for hydroxylation is 1. The number of hydrogen-bond donors (Lipinski definition) is 2. The highest BCUT2D eigenvalue weighted by molar-refractivity contribution is 5.64. The zero-order chi connectivity index (χ0) is 12.1. The maximum absolute atomic E-state index is 10.7. The molecule has 1 aromatic rings. The topological polar surface area (TPSA) is 81.2 Å². The number of nitrogens with two attached hydrogens (primary N) is 1. The fraction of sp³-hybridized carbons (Fsp3) is 0.273. The minimum atomic E-state index is -0.449. The summed E-state index contributed by atoms with van der Waals surface area (Å²) in [6.45, 7) is 2.24. The molecule has 0 aliphatic rings. The molecule has 0 radical (unpaired) electrons. The zero-order valence-corrected chi connectivity index (χ0v) is 9.20. The van der Waals surface area contributed by atoms with Gasteiger partial charge in [-0.3, -0.25) is 10.1 Å². The molecule has 0 unspecified atom stereocenters. The van der Waals surface area contributed by atoms with Crippen LogP contribution in [0.15, 0.2) is 12.1 Å². The maximum atomic E-state index is 10.7. The van der Waals surface area contributed by atoms with Crippen molar-refractivity contribution in [3.05, 3.63) is 33.4 Å². The molecular weight excluding hydrogens is 206 g/mol. The number of nitrogen functional groups attached to an aromatic ring is 1.